The maximum Gasteiger partial charge on any atom is 0.110 e. The van der Waals surface area contributed by atoms with Crippen molar-refractivity contribution in [2.45, 2.75) is 58.0 Å². The molecule has 4 atom stereocenters. The van der Waals surface area contributed by atoms with E-state index in [1.54, 1.807) is 0 Å². The summed E-state index contributed by atoms with van der Waals surface area (Å²) in [5, 5.41) is 10.3. The number of hydrogen-bond acceptors (Lipinski definition) is 2. The predicted octanol–water partition coefficient (Wildman–Crippen LogP) is 2.43. The van der Waals surface area contributed by atoms with Crippen molar-refractivity contribution < 1.29 is 5.11 Å². The summed E-state index contributed by atoms with van der Waals surface area (Å²) >= 11 is 0. The second kappa shape index (κ2) is 4.27. The van der Waals surface area contributed by atoms with Gasteiger partial charge in [0.15, 0.2) is 0 Å². The number of aliphatic hydroxyl groups is 1. The fourth-order valence-electron chi connectivity index (χ4n) is 4.30. The Bertz CT molecular complexity index is 290. The first-order valence-corrected chi connectivity index (χ1v) is 6.90. The van der Waals surface area contributed by atoms with Gasteiger partial charge in [0.2, 0.25) is 0 Å². The first-order valence-electron chi connectivity index (χ1n) is 6.90. The van der Waals surface area contributed by atoms with Crippen LogP contribution in [0.2, 0.25) is 5.31 Å². The number of aliphatic hydroxyl groups excluding tert-OH is 1. The van der Waals surface area contributed by atoms with E-state index >= 15 is 0 Å². The van der Waals surface area contributed by atoms with Gasteiger partial charge in [-0.15, -0.1) is 0 Å². The molecule has 3 heteroatoms. The SMILES string of the molecule is [B]C1(C)CCC2C(O)N(C)CCC2C(C)(C)C1. The van der Waals surface area contributed by atoms with Gasteiger partial charge >= 0.3 is 0 Å². The van der Waals surface area contributed by atoms with E-state index in [0.29, 0.717) is 11.8 Å². The zero-order valence-corrected chi connectivity index (χ0v) is 11.7. The summed E-state index contributed by atoms with van der Waals surface area (Å²) in [5.41, 5.74) is 0.243. The van der Waals surface area contributed by atoms with Gasteiger partial charge in [-0.05, 0) is 31.2 Å². The van der Waals surface area contributed by atoms with Gasteiger partial charge in [0, 0.05) is 12.5 Å². The van der Waals surface area contributed by atoms with E-state index in [9.17, 15) is 5.11 Å². The van der Waals surface area contributed by atoms with Crippen LogP contribution >= 0.6 is 0 Å². The highest BCUT2D eigenvalue weighted by Gasteiger charge is 2.47. The quantitative estimate of drug-likeness (QED) is 0.652. The highest BCUT2D eigenvalue weighted by molar-refractivity contribution is 6.14. The molecule has 2 aliphatic rings. The number of rotatable bonds is 0. The van der Waals surface area contributed by atoms with E-state index in [4.69, 9.17) is 7.85 Å². The van der Waals surface area contributed by atoms with Crippen molar-refractivity contribution in [3.05, 3.63) is 0 Å². The monoisotopic (exact) mass is 235 g/mol. The largest absolute Gasteiger partial charge is 0.378 e. The fraction of sp³-hybridized carbons (Fsp3) is 1.00. The van der Waals surface area contributed by atoms with E-state index in [1.807, 2.05) is 7.05 Å². The van der Waals surface area contributed by atoms with E-state index in [0.717, 1.165) is 25.8 Å². The third kappa shape index (κ3) is 2.55. The molecule has 4 unspecified atom stereocenters. The van der Waals surface area contributed by atoms with Gasteiger partial charge in [-0.25, -0.2) is 0 Å². The van der Waals surface area contributed by atoms with Crippen LogP contribution in [0.3, 0.4) is 0 Å². The molecule has 0 spiro atoms. The third-order valence-electron chi connectivity index (χ3n) is 5.06. The molecule has 1 saturated heterocycles. The van der Waals surface area contributed by atoms with Crippen molar-refractivity contribution in [1.82, 2.24) is 4.90 Å². The van der Waals surface area contributed by atoms with Gasteiger partial charge in [0.25, 0.3) is 0 Å². The van der Waals surface area contributed by atoms with Crippen LogP contribution in [-0.2, 0) is 0 Å². The van der Waals surface area contributed by atoms with Crippen LogP contribution < -0.4 is 0 Å². The lowest BCUT2D eigenvalue weighted by Crippen LogP contribution is -2.50. The average Bonchev–Trinajstić information content (AvgIpc) is 2.26. The van der Waals surface area contributed by atoms with Crippen LogP contribution in [0, 0.1) is 17.3 Å². The minimum atomic E-state index is -0.276. The molecular formula is C14H26BNO. The molecule has 0 aromatic heterocycles. The molecule has 1 heterocycles. The normalized spacial score (nSPS) is 47.2. The van der Waals surface area contributed by atoms with E-state index in [2.05, 4.69) is 25.7 Å². The van der Waals surface area contributed by atoms with Crippen molar-refractivity contribution in [2.75, 3.05) is 13.6 Å². The maximum atomic E-state index is 10.4. The minimum Gasteiger partial charge on any atom is -0.378 e. The van der Waals surface area contributed by atoms with Crippen LogP contribution in [0.25, 0.3) is 0 Å². The number of nitrogens with zero attached hydrogens (tertiary/aromatic N) is 1. The molecule has 1 N–H and O–H groups in total. The highest BCUT2D eigenvalue weighted by atomic mass is 16.3. The predicted molar refractivity (Wildman–Crippen MR) is 72.0 cm³/mol. The van der Waals surface area contributed by atoms with Gasteiger partial charge < -0.3 is 5.11 Å². The summed E-state index contributed by atoms with van der Waals surface area (Å²) in [6.07, 6.45) is 4.08. The van der Waals surface area contributed by atoms with Crippen molar-refractivity contribution >= 4 is 7.85 Å². The second-order valence-corrected chi connectivity index (χ2v) is 7.31. The summed E-state index contributed by atoms with van der Waals surface area (Å²) in [7, 11) is 8.42. The lowest BCUT2D eigenvalue weighted by atomic mass is 9.59. The molecule has 17 heavy (non-hydrogen) atoms. The van der Waals surface area contributed by atoms with Gasteiger partial charge in [-0.1, -0.05) is 38.9 Å². The molecule has 1 aliphatic heterocycles. The Labute approximate surface area is 107 Å². The molecule has 96 valence electrons. The molecule has 0 bridgehead atoms. The Kier molecular flexibility index (Phi) is 3.37. The smallest absolute Gasteiger partial charge is 0.110 e. The third-order valence-corrected chi connectivity index (χ3v) is 5.06. The standard InChI is InChI=1S/C14H26BNO/c1-13(2)9-14(3,15)7-5-10-11(13)6-8-16(4)12(10)17/h10-12,17H,5-9H2,1-4H3. The van der Waals surface area contributed by atoms with Crippen molar-refractivity contribution in [3.8, 4) is 0 Å². The van der Waals surface area contributed by atoms with Crippen molar-refractivity contribution in [2.24, 2.45) is 17.3 Å². The Balaban J connectivity index is 2.26. The van der Waals surface area contributed by atoms with Gasteiger partial charge in [0.05, 0.1) is 7.85 Å². The van der Waals surface area contributed by atoms with E-state index < -0.39 is 0 Å². The molecule has 0 amide bonds. The molecule has 2 nitrogen and oxygen atoms in total. The number of piperidine rings is 1. The fourth-order valence-corrected chi connectivity index (χ4v) is 4.30. The van der Waals surface area contributed by atoms with Crippen LogP contribution in [0.15, 0.2) is 0 Å². The van der Waals surface area contributed by atoms with Crippen LogP contribution in [-0.4, -0.2) is 37.7 Å². The van der Waals surface area contributed by atoms with Crippen LogP contribution in [0.1, 0.15) is 46.5 Å². The van der Waals surface area contributed by atoms with Crippen LogP contribution in [0.4, 0.5) is 0 Å². The number of likely N-dealkylation sites (tertiary alicyclic amines) is 1. The molecule has 0 aromatic carbocycles. The summed E-state index contributed by atoms with van der Waals surface area (Å²) in [4.78, 5) is 2.09. The number of hydrogen-bond donors (Lipinski definition) is 1. The van der Waals surface area contributed by atoms with Gasteiger partial charge in [0.1, 0.15) is 6.23 Å². The van der Waals surface area contributed by atoms with Crippen LogP contribution in [0.5, 0.6) is 0 Å². The molecule has 2 rings (SSSR count). The van der Waals surface area contributed by atoms with E-state index in [1.165, 1.54) is 6.42 Å². The Morgan fingerprint density at radius 2 is 1.88 bits per heavy atom. The minimum absolute atomic E-state index is 0.0703. The first-order chi connectivity index (χ1) is 7.73. The van der Waals surface area contributed by atoms with E-state index in [-0.39, 0.29) is 17.0 Å². The average molecular weight is 235 g/mol. The zero-order valence-electron chi connectivity index (χ0n) is 11.7. The first kappa shape index (κ1) is 13.4. The zero-order chi connectivity index (χ0) is 12.8. The summed E-state index contributed by atoms with van der Waals surface area (Å²) in [6.45, 7) is 7.84. The summed E-state index contributed by atoms with van der Waals surface area (Å²) < 4.78 is 0. The van der Waals surface area contributed by atoms with Crippen molar-refractivity contribution in [1.29, 1.82) is 0 Å². The molecule has 1 aliphatic carbocycles. The topological polar surface area (TPSA) is 23.5 Å². The lowest BCUT2D eigenvalue weighted by Gasteiger charge is -2.47. The molecule has 2 fully saturated rings. The maximum absolute atomic E-state index is 10.4. The molecule has 1 saturated carbocycles. The van der Waals surface area contributed by atoms with Gasteiger partial charge in [-0.2, -0.15) is 0 Å². The Morgan fingerprint density at radius 1 is 1.24 bits per heavy atom. The number of fused-ring (bicyclic) bond motifs is 1. The molecule has 2 radical (unpaired) electrons. The summed E-state index contributed by atoms with van der Waals surface area (Å²) in [6, 6.07) is 0. The second-order valence-electron chi connectivity index (χ2n) is 7.31. The Morgan fingerprint density at radius 3 is 2.53 bits per heavy atom. The Hall–Kier alpha value is -0.0151. The highest BCUT2D eigenvalue weighted by Crippen LogP contribution is 2.54. The van der Waals surface area contributed by atoms with Crippen molar-refractivity contribution in [3.63, 3.8) is 0 Å². The van der Waals surface area contributed by atoms with Gasteiger partial charge in [-0.3, -0.25) is 4.90 Å². The molecular weight excluding hydrogens is 209 g/mol. The lowest BCUT2D eigenvalue weighted by molar-refractivity contribution is -0.101. The molecule has 0 aromatic rings. The summed E-state index contributed by atoms with van der Waals surface area (Å²) in [5.74, 6) is 1.01.